The quantitative estimate of drug-likeness (QED) is 0.00618. The van der Waals surface area contributed by atoms with Crippen molar-refractivity contribution < 1.29 is 38.4 Å². The Morgan fingerprint density at radius 2 is 0.543 bits per heavy atom. The zero-order valence-corrected chi connectivity index (χ0v) is 95.0. The van der Waals surface area contributed by atoms with Crippen LogP contribution in [0.3, 0.4) is 0 Å². The molecule has 4 nitrogen and oxygen atoms in total. The number of hydrogen-bond acceptors (Lipinski definition) is 0. The number of nitrogens with zero attached hydrogens (tertiary/aromatic N) is 4. The van der Waals surface area contributed by atoms with Crippen LogP contribution >= 0.6 is 0 Å². The van der Waals surface area contributed by atoms with E-state index < -0.39 is 0 Å². The molecule has 0 saturated carbocycles. The van der Waals surface area contributed by atoms with Crippen LogP contribution in [-0.2, 0) is 54.6 Å². The molecular formula is C132H224N4Ni2. The third kappa shape index (κ3) is 70.1. The molecule has 6 heteroatoms. The Kier molecular flexibility index (Phi) is 93.4. The maximum atomic E-state index is 11.8. The molecule has 0 saturated heterocycles. The summed E-state index contributed by atoms with van der Waals surface area (Å²) >= 11 is 3.69. The average molecular weight is 1980 g/mol. The molecule has 4 aromatic rings. The summed E-state index contributed by atoms with van der Waals surface area (Å²) in [6, 6.07) is 36.6. The van der Waals surface area contributed by atoms with Gasteiger partial charge in [-0.15, -0.1) is 4.79 Å². The Hall–Kier alpha value is -4.67. The van der Waals surface area contributed by atoms with Crippen molar-refractivity contribution in [2.24, 2.45) is 0 Å². The van der Waals surface area contributed by atoms with Gasteiger partial charge in [0.25, 0.3) is 0 Å². The normalized spacial score (nSPS) is 12.1. The molecule has 792 valence electrons. The van der Waals surface area contributed by atoms with Gasteiger partial charge in [-0.05, 0) is 165 Å². The monoisotopic (exact) mass is 1980 g/mol. The number of benzene rings is 4. The van der Waals surface area contributed by atoms with Gasteiger partial charge in [-0.1, -0.05) is 443 Å². The zero-order valence-electron chi connectivity index (χ0n) is 93.0. The number of unbranched alkanes of at least 4 members (excludes halogenated alkanes) is 65. The van der Waals surface area contributed by atoms with E-state index in [-0.39, 0.29) is 0 Å². The van der Waals surface area contributed by atoms with E-state index in [4.69, 9.17) is 0 Å². The van der Waals surface area contributed by atoms with Gasteiger partial charge < -0.3 is 11.1 Å². The van der Waals surface area contributed by atoms with Gasteiger partial charge in [0.1, 0.15) is 0 Å². The molecule has 0 amide bonds. The van der Waals surface area contributed by atoms with Crippen molar-refractivity contribution in [3.05, 3.63) is 200 Å². The molecule has 0 unspecified atom stereocenters. The molecule has 4 aromatic carbocycles. The summed E-state index contributed by atoms with van der Waals surface area (Å²) < 4.78 is 1.55. The van der Waals surface area contributed by atoms with Crippen molar-refractivity contribution in [2.45, 2.75) is 617 Å². The molecule has 0 aromatic heterocycles. The Labute approximate surface area is 872 Å². The van der Waals surface area contributed by atoms with E-state index in [2.05, 4.69) is 190 Å². The molecule has 0 radical (unpaired) electrons. The average Bonchev–Trinajstić information content (AvgIpc) is 1.58. The molecule has 1 heterocycles. The second kappa shape index (κ2) is 99.7. The van der Waals surface area contributed by atoms with E-state index in [0.717, 1.165) is 122 Å². The number of allylic oxidation sites excluding steroid dienone is 6. The van der Waals surface area contributed by atoms with Crippen molar-refractivity contribution in [1.82, 2.24) is 0 Å². The first kappa shape index (κ1) is 129. The van der Waals surface area contributed by atoms with Crippen LogP contribution in [0.2, 0.25) is 21.6 Å². The fourth-order valence-electron chi connectivity index (χ4n) is 19.9. The Bertz CT molecular complexity index is 3620. The fourth-order valence-corrected chi connectivity index (χ4v) is 21.7. The van der Waals surface area contributed by atoms with E-state index in [9.17, 15) is 11.1 Å². The topological polar surface area (TPSA) is 61.7 Å². The van der Waals surface area contributed by atoms with Crippen molar-refractivity contribution >= 4 is 22.8 Å². The molecule has 0 spiro atoms. The maximum absolute atomic E-state index is 11.8. The summed E-state index contributed by atoms with van der Waals surface area (Å²) in [5.74, 6) is 3.16. The molecule has 0 fully saturated rings. The summed E-state index contributed by atoms with van der Waals surface area (Å²) in [6.07, 6.45) is 115. The van der Waals surface area contributed by atoms with Crippen LogP contribution < -0.4 is 0 Å². The standard InChI is InChI=1S/C69H118N2.C35H50N2.2C11H23.2C3H5.2Ni/c1-5-9-13-15-17-19-21-23-25-27-28-29-30-31-32-33-35-36-38-40-42-44-46-48-53-64-55-51-58-66(61-64)69(65-57-50-54-63(60-65)52-11-7-3)68(59-12-8-4)67(62-71-70)56-49-47-45-43-41-39-37-34-26-24-22-20-18-16-14-10-6-2;1-5-9-12-13-14-15-16-25-33-32(24-11-7-3)34(30-22-17-20-28(8-4)26-30)37(36)35(33)31-23-18-21-29(27-31)19-10-6-2;2*1-3-5-7-9-11-10-8-6-4-2;2*1-3-2;;/h50-51,54-55,57-58,60-61H,5-49,52-53,56,59H2,1-4H3;17-18,20-23,26-27H,5-16,19,24-25H2,1-4H3;2*1,3-11H2,2H3;2*3H,1-2H2;;. The first-order valence-corrected chi connectivity index (χ1v) is 63.1. The van der Waals surface area contributed by atoms with Gasteiger partial charge in [-0.2, -0.15) is 0 Å². The molecule has 0 N–H and O–H groups in total. The van der Waals surface area contributed by atoms with Crippen LogP contribution in [0.5, 0.6) is 0 Å². The van der Waals surface area contributed by atoms with Crippen LogP contribution in [0, 0.1) is 0 Å². The molecule has 1 aliphatic rings. The van der Waals surface area contributed by atoms with E-state index in [1.54, 1.807) is 19.1 Å². The number of rotatable bonds is 93. The minimum absolute atomic E-state index is 0.917. The van der Waals surface area contributed by atoms with Gasteiger partial charge in [-0.25, -0.2) is 4.70 Å². The number of hydrogen-bond donors (Lipinski definition) is 0. The zero-order chi connectivity index (χ0) is 99.6. The minimum atomic E-state index is 0.917. The van der Waals surface area contributed by atoms with Gasteiger partial charge in [0.15, 0.2) is 0 Å². The summed E-state index contributed by atoms with van der Waals surface area (Å²) in [5.41, 5.74) is 40.9. The molecule has 0 aliphatic carbocycles. The van der Waals surface area contributed by atoms with Crippen molar-refractivity contribution in [1.29, 1.82) is 0 Å². The van der Waals surface area contributed by atoms with Gasteiger partial charge >= 0.3 is 211 Å². The van der Waals surface area contributed by atoms with E-state index in [0.29, 0.717) is 0 Å². The molecule has 138 heavy (non-hydrogen) atoms. The molecule has 1 aliphatic heterocycles. The van der Waals surface area contributed by atoms with Crippen LogP contribution in [0.1, 0.15) is 615 Å². The summed E-state index contributed by atoms with van der Waals surface area (Å²) in [6.45, 7) is 30.0. The van der Waals surface area contributed by atoms with Gasteiger partial charge in [0, 0.05) is 22.3 Å². The first-order chi connectivity index (χ1) is 68.1. The molecule has 0 atom stereocenters. The van der Waals surface area contributed by atoms with Crippen molar-refractivity contribution in [3.8, 4) is 0 Å². The molecule has 5 rings (SSSR count). The Morgan fingerprint density at radius 3 is 0.862 bits per heavy atom. The van der Waals surface area contributed by atoms with E-state index >= 15 is 0 Å². The van der Waals surface area contributed by atoms with Crippen molar-refractivity contribution in [2.75, 3.05) is 0 Å². The van der Waals surface area contributed by atoms with Gasteiger partial charge in [-0.3, -0.25) is 0 Å². The predicted octanol–water partition coefficient (Wildman–Crippen LogP) is 46.2. The van der Waals surface area contributed by atoms with Crippen LogP contribution in [0.25, 0.3) is 28.0 Å². The summed E-state index contributed by atoms with van der Waals surface area (Å²) in [7, 11) is 0. The molecule has 0 bridgehead atoms. The Morgan fingerprint density at radius 1 is 0.283 bits per heavy atom. The SMILES string of the molecule is C=C[CH2][Ni][CH2]C=C.CCCCCCCCCC1=C(c2cccc(CCCC)c2)[N+](=[N-])C(c2cccc(CC)c2)=C1CCCC.CCCCCCCCCCCCCCCCCCCCCCCCCCc1cccc(C(=C(CCCC)C(=C=[N+]=[N-])CCCCCCCCCCCCCCCCCCC)c2cccc(CCCC)c2)c1.CCCCCCCCCC[CH2][Ni][CH2]CCCCCCCCCC. The fraction of sp³-hybridized carbons (Fsp3) is 0.727. The van der Waals surface area contributed by atoms with Gasteiger partial charge in [0.05, 0.1) is 5.57 Å². The van der Waals surface area contributed by atoms with Crippen LogP contribution in [0.4, 0.5) is 0 Å². The van der Waals surface area contributed by atoms with Crippen LogP contribution in [-0.4, -0.2) is 15.4 Å². The third-order valence-corrected chi connectivity index (χ3v) is 31.1. The molecular weight excluding hydrogens is 1760 g/mol. The second-order valence-electron chi connectivity index (χ2n) is 41.4. The summed E-state index contributed by atoms with van der Waals surface area (Å²) in [5, 5.41) is 4.97. The van der Waals surface area contributed by atoms with Crippen molar-refractivity contribution in [3.63, 3.8) is 0 Å². The summed E-state index contributed by atoms with van der Waals surface area (Å²) in [4.78, 5) is 3.60. The third-order valence-electron chi connectivity index (χ3n) is 28.5. The first-order valence-electron chi connectivity index (χ1n) is 60.3. The Balaban J connectivity index is 0.000000787. The van der Waals surface area contributed by atoms with Gasteiger partial charge in [0.2, 0.25) is 11.4 Å². The van der Waals surface area contributed by atoms with E-state index in [1.807, 2.05) is 26.6 Å². The van der Waals surface area contributed by atoms with E-state index in [1.165, 1.54) is 509 Å². The predicted molar refractivity (Wildman–Crippen MR) is 613 cm³/mol. The van der Waals surface area contributed by atoms with Crippen LogP contribution in [0.15, 0.2) is 145 Å². The number of aryl methyl sites for hydroxylation is 4. The second-order valence-corrected chi connectivity index (χ2v) is 44.1.